The molecule has 1 N–H and O–H groups in total. The first-order valence-electron chi connectivity index (χ1n) is 2.32. The average molecular weight is 192 g/mol. The van der Waals surface area contributed by atoms with Gasteiger partial charge in [-0.1, -0.05) is 0 Å². The van der Waals surface area contributed by atoms with Crippen LogP contribution < -0.4 is 0 Å². The molecule has 0 radical (unpaired) electrons. The Morgan fingerprint density at radius 1 is 1.55 bits per heavy atom. The summed E-state index contributed by atoms with van der Waals surface area (Å²) < 4.78 is 51.7. The maximum Gasteiger partial charge on any atom is 0.395 e. The van der Waals surface area contributed by atoms with Crippen LogP contribution in [0.15, 0.2) is 0 Å². The van der Waals surface area contributed by atoms with E-state index in [1.54, 1.807) is 0 Å². The van der Waals surface area contributed by atoms with Crippen molar-refractivity contribution in [3.8, 4) is 0 Å². The highest BCUT2D eigenvalue weighted by Crippen LogP contribution is 2.20. The minimum Gasteiger partial charge on any atom is -0.281 e. The van der Waals surface area contributed by atoms with Crippen LogP contribution in [0.25, 0.3) is 0 Å². The first-order valence-corrected chi connectivity index (χ1v) is 3.76. The molecule has 0 aliphatic heterocycles. The largest absolute Gasteiger partial charge is 0.395 e. The predicted molar refractivity (Wildman–Crippen MR) is 29.5 cm³/mol. The molecule has 0 aliphatic carbocycles. The third-order valence-corrected chi connectivity index (χ3v) is 1.59. The second-order valence-electron chi connectivity index (χ2n) is 1.54. The summed E-state index contributed by atoms with van der Waals surface area (Å²) in [5.74, 6) is 0. The Morgan fingerprint density at radius 3 is 2.27 bits per heavy atom. The molecule has 0 heterocycles. The van der Waals surface area contributed by atoms with Crippen molar-refractivity contribution in [3.63, 3.8) is 0 Å². The van der Waals surface area contributed by atoms with Crippen molar-refractivity contribution in [3.05, 3.63) is 0 Å². The highest BCUT2D eigenvalue weighted by atomic mass is 32.2. The first kappa shape index (κ1) is 10.7. The maximum absolute atomic E-state index is 12.1. The smallest absolute Gasteiger partial charge is 0.281 e. The highest BCUT2D eigenvalue weighted by Gasteiger charge is 2.44. The van der Waals surface area contributed by atoms with Crippen LogP contribution in [0, 0.1) is 0 Å². The van der Waals surface area contributed by atoms with Gasteiger partial charge in [-0.15, -0.1) is 0 Å². The summed E-state index contributed by atoms with van der Waals surface area (Å²) in [6.07, 6.45) is 0. The van der Waals surface area contributed by atoms with E-state index in [-0.39, 0.29) is 0 Å². The second kappa shape index (κ2) is 3.39. The lowest BCUT2D eigenvalue weighted by Gasteiger charge is -2.10. The number of rotatable bonds is 4. The average Bonchev–Trinajstić information content (AvgIpc) is 1.81. The van der Waals surface area contributed by atoms with Gasteiger partial charge in [-0.25, -0.2) is 9.78 Å². The highest BCUT2D eigenvalue weighted by molar-refractivity contribution is 7.86. The Kier molecular flexibility index (Phi) is 3.30. The molecule has 0 aromatic heterocycles. The van der Waals surface area contributed by atoms with E-state index in [4.69, 9.17) is 4.55 Å². The third kappa shape index (κ3) is 3.06. The normalized spacial score (nSPS) is 13.5. The standard InChI is InChI=1S/C3H6F2O5S/c1-9-10-2-3(4,5)11(6,7)8/h2H2,1H3,(H,6,7,8). The van der Waals surface area contributed by atoms with E-state index in [1.807, 2.05) is 0 Å². The quantitative estimate of drug-likeness (QED) is 0.387. The Balaban J connectivity index is 4.24. The van der Waals surface area contributed by atoms with E-state index < -0.39 is 22.0 Å². The van der Waals surface area contributed by atoms with Gasteiger partial charge in [0.25, 0.3) is 0 Å². The van der Waals surface area contributed by atoms with E-state index >= 15 is 0 Å². The fraction of sp³-hybridized carbons (Fsp3) is 1.00. The molecule has 0 aromatic carbocycles. The maximum atomic E-state index is 12.1. The molecule has 0 spiro atoms. The molecule has 0 rings (SSSR count). The van der Waals surface area contributed by atoms with Gasteiger partial charge in [-0.2, -0.15) is 17.2 Å². The van der Waals surface area contributed by atoms with Crippen molar-refractivity contribution in [1.82, 2.24) is 0 Å². The van der Waals surface area contributed by atoms with E-state index in [0.29, 0.717) is 0 Å². The topological polar surface area (TPSA) is 72.8 Å². The zero-order chi connectivity index (χ0) is 9.12. The molecule has 8 heteroatoms. The molecule has 0 saturated heterocycles. The van der Waals surface area contributed by atoms with Crippen LogP contribution >= 0.6 is 0 Å². The number of hydrogen-bond donors (Lipinski definition) is 1. The summed E-state index contributed by atoms with van der Waals surface area (Å²) in [7, 11) is -4.48. The zero-order valence-corrected chi connectivity index (χ0v) is 6.27. The van der Waals surface area contributed by atoms with Gasteiger partial charge >= 0.3 is 15.4 Å². The van der Waals surface area contributed by atoms with Gasteiger partial charge in [0.2, 0.25) is 0 Å². The molecule has 0 atom stereocenters. The van der Waals surface area contributed by atoms with Crippen LogP contribution in [0.5, 0.6) is 0 Å². The third-order valence-electron chi connectivity index (χ3n) is 0.722. The summed E-state index contributed by atoms with van der Waals surface area (Å²) in [6.45, 7) is -1.54. The molecule has 5 nitrogen and oxygen atoms in total. The van der Waals surface area contributed by atoms with E-state index in [2.05, 4.69) is 9.78 Å². The summed E-state index contributed by atoms with van der Waals surface area (Å²) in [6, 6.07) is 0. The monoisotopic (exact) mass is 192 g/mol. The minimum atomic E-state index is -5.41. The molecule has 0 bridgehead atoms. The Hall–Kier alpha value is -0.310. The lowest BCUT2D eigenvalue weighted by atomic mass is 10.8. The van der Waals surface area contributed by atoms with Gasteiger partial charge in [0.15, 0.2) is 6.61 Å². The summed E-state index contributed by atoms with van der Waals surface area (Å²) in [4.78, 5) is 7.35. The van der Waals surface area contributed by atoms with Crippen LogP contribution in [-0.2, 0) is 19.9 Å². The van der Waals surface area contributed by atoms with E-state index in [0.717, 1.165) is 7.11 Å². The Labute approximate surface area is 61.6 Å². The fourth-order valence-electron chi connectivity index (χ4n) is 0.202. The first-order chi connectivity index (χ1) is 4.81. The van der Waals surface area contributed by atoms with Crippen LogP contribution in [0.2, 0.25) is 0 Å². The molecule has 0 amide bonds. The fourth-order valence-corrected chi connectivity index (χ4v) is 0.399. The van der Waals surface area contributed by atoms with Crippen molar-refractivity contribution in [2.24, 2.45) is 0 Å². The number of hydrogen-bond acceptors (Lipinski definition) is 4. The second-order valence-corrected chi connectivity index (χ2v) is 3.09. The SMILES string of the molecule is COOCC(F)(F)S(=O)(=O)O. The van der Waals surface area contributed by atoms with Gasteiger partial charge in [0, 0.05) is 0 Å². The summed E-state index contributed by atoms with van der Waals surface area (Å²) >= 11 is 0. The lowest BCUT2D eigenvalue weighted by Crippen LogP contribution is -2.33. The van der Waals surface area contributed by atoms with Gasteiger partial charge in [-0.3, -0.25) is 4.55 Å². The van der Waals surface area contributed by atoms with Gasteiger partial charge in [0.05, 0.1) is 7.11 Å². The van der Waals surface area contributed by atoms with Crippen molar-refractivity contribution >= 4 is 10.1 Å². The van der Waals surface area contributed by atoms with Gasteiger partial charge in [0.1, 0.15) is 0 Å². The number of halogens is 2. The molecule has 0 fully saturated rings. The van der Waals surface area contributed by atoms with Crippen LogP contribution in [-0.4, -0.2) is 31.9 Å². The molecular weight excluding hydrogens is 186 g/mol. The molecule has 11 heavy (non-hydrogen) atoms. The zero-order valence-electron chi connectivity index (χ0n) is 5.45. The van der Waals surface area contributed by atoms with Gasteiger partial charge in [-0.05, 0) is 0 Å². The van der Waals surface area contributed by atoms with Gasteiger partial charge < -0.3 is 0 Å². The van der Waals surface area contributed by atoms with Crippen molar-refractivity contribution in [2.45, 2.75) is 5.25 Å². The Bertz CT molecular complexity index is 210. The lowest BCUT2D eigenvalue weighted by molar-refractivity contribution is -0.293. The van der Waals surface area contributed by atoms with Crippen LogP contribution in [0.1, 0.15) is 0 Å². The molecule has 0 saturated carbocycles. The van der Waals surface area contributed by atoms with Crippen molar-refractivity contribution < 1.29 is 31.5 Å². The molecule has 0 unspecified atom stereocenters. The van der Waals surface area contributed by atoms with Crippen LogP contribution in [0.4, 0.5) is 8.78 Å². The molecule has 68 valence electrons. The summed E-state index contributed by atoms with van der Waals surface area (Å²) in [5, 5.41) is -4.33. The Morgan fingerprint density at radius 2 is 2.00 bits per heavy atom. The van der Waals surface area contributed by atoms with Crippen molar-refractivity contribution in [2.75, 3.05) is 13.7 Å². The van der Waals surface area contributed by atoms with E-state index in [1.165, 1.54) is 0 Å². The molecule has 0 aliphatic rings. The summed E-state index contributed by atoms with van der Waals surface area (Å²) in [5.41, 5.74) is 0. The van der Waals surface area contributed by atoms with Crippen LogP contribution in [0.3, 0.4) is 0 Å². The van der Waals surface area contributed by atoms with Crippen molar-refractivity contribution in [1.29, 1.82) is 0 Å². The predicted octanol–water partition coefficient (Wildman–Crippen LogP) is 0.0450. The molecular formula is C3H6F2O5S. The van der Waals surface area contributed by atoms with E-state index in [9.17, 15) is 17.2 Å². The number of alkyl halides is 2. The molecule has 0 aromatic rings. The minimum absolute atomic E-state index is 0.931.